The van der Waals surface area contributed by atoms with Gasteiger partial charge in [0.05, 0.1) is 22.3 Å². The second-order valence-electron chi connectivity index (χ2n) is 7.38. The zero-order valence-electron chi connectivity index (χ0n) is 16.1. The van der Waals surface area contributed by atoms with Crippen molar-refractivity contribution in [2.75, 3.05) is 0 Å². The fraction of sp³-hybridized carbons (Fsp3) is 0.0417. The molecule has 0 fully saturated rings. The first-order valence-electron chi connectivity index (χ1n) is 9.73. The lowest BCUT2D eigenvalue weighted by Crippen LogP contribution is -2.23. The number of hydrogen-bond acceptors (Lipinski definition) is 6. The molecule has 31 heavy (non-hydrogen) atoms. The monoisotopic (exact) mass is 422 g/mol. The zero-order chi connectivity index (χ0) is 20.9. The Labute approximate surface area is 180 Å². The van der Waals surface area contributed by atoms with Crippen LogP contribution in [0.2, 0.25) is 0 Å². The van der Waals surface area contributed by atoms with Crippen LogP contribution in [-0.4, -0.2) is 31.5 Å². The third kappa shape index (κ3) is 2.82. The van der Waals surface area contributed by atoms with E-state index in [1.807, 2.05) is 29.8 Å². The molecule has 1 aliphatic carbocycles. The van der Waals surface area contributed by atoms with E-state index < -0.39 is 0 Å². The number of thiazole rings is 1. The van der Waals surface area contributed by atoms with Crippen molar-refractivity contribution in [2.24, 2.45) is 0 Å². The molecule has 2 aromatic heterocycles. The van der Waals surface area contributed by atoms with Gasteiger partial charge in [-0.05, 0) is 28.8 Å². The largest absolute Gasteiger partial charge is 0.287 e. The van der Waals surface area contributed by atoms with Crippen LogP contribution < -0.4 is 0 Å². The van der Waals surface area contributed by atoms with Gasteiger partial charge >= 0.3 is 0 Å². The third-order valence-corrected chi connectivity index (χ3v) is 6.34. The van der Waals surface area contributed by atoms with Gasteiger partial charge in [-0.1, -0.05) is 59.8 Å². The lowest BCUT2D eigenvalue weighted by Gasteiger charge is -2.14. The molecular formula is C24H14N4O2S. The molecular weight excluding hydrogens is 408 g/mol. The summed E-state index contributed by atoms with van der Waals surface area (Å²) in [5, 5.41) is 8.11. The molecule has 0 atom stereocenters. The molecule has 0 bridgehead atoms. The maximum Gasteiger partial charge on any atom is 0.216 e. The Balaban J connectivity index is 1.31. The van der Waals surface area contributed by atoms with Crippen LogP contribution >= 0.6 is 11.3 Å². The Morgan fingerprint density at radius 1 is 0.839 bits per heavy atom. The molecule has 0 radical (unpaired) electrons. The Morgan fingerprint density at radius 2 is 1.58 bits per heavy atom. The van der Waals surface area contributed by atoms with Crippen molar-refractivity contribution in [3.63, 3.8) is 0 Å². The Kier molecular flexibility index (Phi) is 3.91. The van der Waals surface area contributed by atoms with E-state index in [4.69, 9.17) is 0 Å². The van der Waals surface area contributed by atoms with Gasteiger partial charge in [-0.25, -0.2) is 9.67 Å². The fourth-order valence-corrected chi connectivity index (χ4v) is 4.61. The molecule has 0 saturated heterocycles. The van der Waals surface area contributed by atoms with Crippen LogP contribution in [0.1, 0.15) is 37.7 Å². The highest BCUT2D eigenvalue weighted by Gasteiger charge is 2.34. The molecule has 0 amide bonds. The van der Waals surface area contributed by atoms with Crippen LogP contribution in [0.5, 0.6) is 0 Å². The number of aromatic nitrogens is 4. The van der Waals surface area contributed by atoms with Crippen LogP contribution in [0, 0.1) is 0 Å². The summed E-state index contributed by atoms with van der Waals surface area (Å²) in [7, 11) is 0. The highest BCUT2D eigenvalue weighted by atomic mass is 32.1. The van der Waals surface area contributed by atoms with Gasteiger partial charge in [0.2, 0.25) is 11.6 Å². The average Bonchev–Trinajstić information content (AvgIpc) is 3.45. The van der Waals surface area contributed by atoms with E-state index in [0.717, 1.165) is 26.9 Å². The molecule has 148 valence electrons. The molecule has 5 aromatic rings. The quantitative estimate of drug-likeness (QED) is 0.423. The zero-order valence-corrected chi connectivity index (χ0v) is 17.0. The standard InChI is InChI=1S/C24H14N4O2S/c29-23-17-3-1-2-4-18(17)24(30)22-21(23)26-27-28(22)12-14-5-7-15(8-6-14)16-9-10-20-19(11-16)25-13-31-20/h1-11,13H,12H2. The molecule has 0 spiro atoms. The van der Waals surface area contributed by atoms with Crippen LogP contribution in [0.4, 0.5) is 0 Å². The maximum atomic E-state index is 13.0. The van der Waals surface area contributed by atoms with Gasteiger partial charge in [0.1, 0.15) is 5.69 Å². The van der Waals surface area contributed by atoms with Crippen molar-refractivity contribution < 1.29 is 9.59 Å². The minimum atomic E-state index is -0.260. The molecule has 0 aliphatic heterocycles. The van der Waals surface area contributed by atoms with Crippen LogP contribution in [0.25, 0.3) is 21.3 Å². The Bertz CT molecular complexity index is 1500. The van der Waals surface area contributed by atoms with Crippen molar-refractivity contribution in [1.29, 1.82) is 0 Å². The smallest absolute Gasteiger partial charge is 0.216 e. The first-order valence-corrected chi connectivity index (χ1v) is 10.6. The van der Waals surface area contributed by atoms with Crippen molar-refractivity contribution in [3.8, 4) is 11.1 Å². The van der Waals surface area contributed by atoms with Gasteiger partial charge in [0, 0.05) is 11.1 Å². The number of carbonyl (C=O) groups excluding carboxylic acids is 2. The minimum absolute atomic E-state index is 0.122. The summed E-state index contributed by atoms with van der Waals surface area (Å²) < 4.78 is 2.68. The second-order valence-corrected chi connectivity index (χ2v) is 8.27. The van der Waals surface area contributed by atoms with E-state index in [1.54, 1.807) is 35.6 Å². The lowest BCUT2D eigenvalue weighted by atomic mass is 9.90. The number of ketones is 2. The van der Waals surface area contributed by atoms with Crippen LogP contribution in [0.3, 0.4) is 0 Å². The average molecular weight is 422 g/mol. The van der Waals surface area contributed by atoms with E-state index in [0.29, 0.717) is 17.7 Å². The molecule has 0 N–H and O–H groups in total. The van der Waals surface area contributed by atoms with E-state index >= 15 is 0 Å². The molecule has 6 rings (SSSR count). The molecule has 2 heterocycles. The second kappa shape index (κ2) is 6.78. The van der Waals surface area contributed by atoms with Gasteiger partial charge in [-0.3, -0.25) is 9.59 Å². The predicted molar refractivity (Wildman–Crippen MR) is 117 cm³/mol. The summed E-state index contributed by atoms with van der Waals surface area (Å²) in [6, 6.07) is 21.1. The lowest BCUT2D eigenvalue weighted by molar-refractivity contribution is 0.0971. The molecule has 6 nitrogen and oxygen atoms in total. The molecule has 0 saturated carbocycles. The van der Waals surface area contributed by atoms with E-state index in [9.17, 15) is 9.59 Å². The molecule has 1 aliphatic rings. The van der Waals surface area contributed by atoms with Gasteiger partial charge in [0.25, 0.3) is 0 Å². The SMILES string of the molecule is O=C1c2ccccc2C(=O)c2c1nnn2Cc1ccc(-c2ccc3scnc3c2)cc1. The van der Waals surface area contributed by atoms with Gasteiger partial charge < -0.3 is 0 Å². The first-order chi connectivity index (χ1) is 15.2. The number of fused-ring (bicyclic) bond motifs is 3. The topological polar surface area (TPSA) is 77.7 Å². The minimum Gasteiger partial charge on any atom is -0.287 e. The number of nitrogens with zero attached hydrogens (tertiary/aromatic N) is 4. The van der Waals surface area contributed by atoms with E-state index in [2.05, 4.69) is 33.5 Å². The highest BCUT2D eigenvalue weighted by molar-refractivity contribution is 7.16. The van der Waals surface area contributed by atoms with Crippen molar-refractivity contribution in [3.05, 3.63) is 100 Å². The van der Waals surface area contributed by atoms with Crippen molar-refractivity contribution >= 4 is 33.1 Å². The van der Waals surface area contributed by atoms with Crippen LogP contribution in [-0.2, 0) is 6.54 Å². The maximum absolute atomic E-state index is 13.0. The molecule has 7 heteroatoms. The van der Waals surface area contributed by atoms with Gasteiger partial charge in [0.15, 0.2) is 5.69 Å². The van der Waals surface area contributed by atoms with E-state index in [-0.39, 0.29) is 23.0 Å². The third-order valence-electron chi connectivity index (χ3n) is 5.53. The molecule has 0 unspecified atom stereocenters. The van der Waals surface area contributed by atoms with Crippen LogP contribution in [0.15, 0.2) is 72.2 Å². The number of carbonyl (C=O) groups is 2. The number of benzene rings is 3. The van der Waals surface area contributed by atoms with Crippen molar-refractivity contribution in [2.45, 2.75) is 6.54 Å². The summed E-state index contributed by atoms with van der Waals surface area (Å²) in [5.74, 6) is -0.479. The predicted octanol–water partition coefficient (Wildman–Crippen LogP) is 4.38. The highest BCUT2D eigenvalue weighted by Crippen LogP contribution is 2.28. The Hall–Kier alpha value is -3.97. The normalized spacial score (nSPS) is 12.8. The Morgan fingerprint density at radius 3 is 2.39 bits per heavy atom. The summed E-state index contributed by atoms with van der Waals surface area (Å²) in [6.07, 6.45) is 0. The fourth-order valence-electron chi connectivity index (χ4n) is 3.95. The summed E-state index contributed by atoms with van der Waals surface area (Å²) in [5.41, 5.74) is 7.14. The molecule has 3 aromatic carbocycles. The summed E-state index contributed by atoms with van der Waals surface area (Å²) in [6.45, 7) is 0.356. The van der Waals surface area contributed by atoms with Crippen molar-refractivity contribution in [1.82, 2.24) is 20.0 Å². The first kappa shape index (κ1) is 17.9. The number of rotatable bonds is 3. The van der Waals surface area contributed by atoms with Gasteiger partial charge in [-0.2, -0.15) is 0 Å². The summed E-state index contributed by atoms with van der Waals surface area (Å²) in [4.78, 5) is 30.1. The van der Waals surface area contributed by atoms with E-state index in [1.165, 1.54) is 4.68 Å². The number of hydrogen-bond donors (Lipinski definition) is 0. The van der Waals surface area contributed by atoms with Gasteiger partial charge in [-0.15, -0.1) is 16.4 Å². The summed E-state index contributed by atoms with van der Waals surface area (Å²) >= 11 is 1.62.